The molecule has 2 N–H and O–H groups in total. The standard InChI is InChI=1S/C16H11N4.2C13H13N4O2S.2C12H10N3O.C11H12N5.4Be.2Ga/c1-2-6-12(7-3-1)15-19-14(13-8-4-5-9-17-13)16-18-10-11-20(15)16;2*1-20(18,19)16-7-11-13-14-8-12(17(13)9-15-11)10-5-3-2-4-6-10;2*1-16-12-11-13-7-8-15(11)10(14-12)9-5-3-2-4-6-9;1-7-6-8(2)16(14-7)11-10-12-4-5-15(10)9(3)13-11;;;;;;/h1-11H;2*2-6,8-9,16H,7H2,1H3;2*2-8H,1H3;4-6H,1-3H3;;;;;;/q6*-1;4*+2;2*+3. The van der Waals surface area contributed by atoms with Gasteiger partial charge in [-0.05, 0) is 101 Å². The number of rotatable bonds is 15. The van der Waals surface area contributed by atoms with Crippen molar-refractivity contribution in [3.05, 3.63) is 285 Å². The van der Waals surface area contributed by atoms with E-state index in [0.717, 1.165) is 126 Å². The number of sulfonamides is 2. The van der Waals surface area contributed by atoms with Gasteiger partial charge in [-0.2, -0.15) is 5.10 Å². The first-order chi connectivity index (χ1) is 52.5. The van der Waals surface area contributed by atoms with E-state index >= 15 is 0 Å². The molecule has 0 radical (unpaired) electrons. The van der Waals surface area contributed by atoms with Crippen molar-refractivity contribution in [3.8, 4) is 85.6 Å². The summed E-state index contributed by atoms with van der Waals surface area (Å²) in [6, 6.07) is 57.6. The summed E-state index contributed by atoms with van der Waals surface area (Å²) < 4.78 is 73.1. The molecule has 0 aliphatic heterocycles. The smallest absolute Gasteiger partial charge is 0.481 e. The van der Waals surface area contributed by atoms with E-state index in [2.05, 4.69) is 74.4 Å². The van der Waals surface area contributed by atoms with Gasteiger partial charge >= 0.3 is 80.1 Å². The van der Waals surface area contributed by atoms with Crippen molar-refractivity contribution in [1.82, 2.24) is 110 Å². The molecule has 19 rings (SSSR count). The number of aromatic nitrogens is 21. The molecule has 114 heavy (non-hydrogen) atoms. The Morgan fingerprint density at radius 3 is 1.18 bits per heavy atom. The van der Waals surface area contributed by atoms with E-state index in [-0.39, 0.29) is 93.2 Å². The number of fused-ring (bicyclic) bond motifs is 6. The van der Waals surface area contributed by atoms with Crippen LogP contribution in [0.4, 0.5) is 0 Å². The van der Waals surface area contributed by atoms with Crippen molar-refractivity contribution in [3.63, 3.8) is 0 Å². The van der Waals surface area contributed by atoms with Gasteiger partial charge in [-0.1, -0.05) is 220 Å². The Morgan fingerprint density at radius 1 is 0.412 bits per heavy atom. The summed E-state index contributed by atoms with van der Waals surface area (Å²) in [4.78, 5) is 56.6. The molecule has 0 amide bonds. The van der Waals surface area contributed by atoms with E-state index < -0.39 is 20.0 Å². The predicted molar refractivity (Wildman–Crippen MR) is 444 cm³/mol. The van der Waals surface area contributed by atoms with Crippen LogP contribution in [0.2, 0.25) is 0 Å². The van der Waals surface area contributed by atoms with Gasteiger partial charge in [0.15, 0.2) is 5.82 Å². The largest absolute Gasteiger partial charge is 3.00 e. The van der Waals surface area contributed by atoms with E-state index in [4.69, 9.17) is 14.5 Å². The maximum absolute atomic E-state index is 11.1. The van der Waals surface area contributed by atoms with Crippen molar-refractivity contribution in [1.29, 1.82) is 0 Å². The number of methoxy groups -OCH3 is 2. The summed E-state index contributed by atoms with van der Waals surface area (Å²) >= 11 is 0. The van der Waals surface area contributed by atoms with Crippen molar-refractivity contribution in [2.45, 2.75) is 33.9 Å². The molecule has 19 aromatic rings. The second kappa shape index (κ2) is 39.2. The van der Waals surface area contributed by atoms with Crippen LogP contribution in [0.25, 0.3) is 108 Å². The number of benzene rings is 5. The van der Waals surface area contributed by atoms with E-state index in [9.17, 15) is 16.8 Å². The van der Waals surface area contributed by atoms with Crippen LogP contribution in [0.1, 0.15) is 28.6 Å². The normalized spacial score (nSPS) is 10.8. The first-order valence-corrected chi connectivity index (χ1v) is 37.4. The molecule has 0 atom stereocenters. The maximum Gasteiger partial charge on any atom is 3.00 e. The van der Waals surface area contributed by atoms with Gasteiger partial charge < -0.3 is 65.8 Å². The fourth-order valence-corrected chi connectivity index (χ4v) is 12.7. The summed E-state index contributed by atoms with van der Waals surface area (Å²) in [7, 11) is -3.28. The van der Waals surface area contributed by atoms with Crippen LogP contribution in [0.5, 0.6) is 11.8 Å². The minimum absolute atomic E-state index is 0. The molecule has 14 heterocycles. The number of hydrogen-bond donors (Lipinski definition) is 2. The average molecular weight is 1650 g/mol. The quantitative estimate of drug-likeness (QED) is 0.0915. The molecule has 29 nitrogen and oxygen atoms in total. The zero-order chi connectivity index (χ0) is 74.9. The van der Waals surface area contributed by atoms with Gasteiger partial charge in [0, 0.05) is 41.7 Å². The minimum Gasteiger partial charge on any atom is -0.481 e. The SMILES string of the molecule is COc1nc(-c2ccccc2)n2cc[n-]c12.COc1nc(-c2ccccc2)n2cc[n-]c12.CS(=O)(=O)NCc1ncn2c(-c3ccccc3)c[n-]c12.CS(=O)(=O)NCc1ncn2c(-c3ccccc3)c[n-]c12.Cc1cc(C)n(-c2nc(C)n3cc[n-]c23)n1.[Be+2].[Be+2].[Be+2].[Be+2].[Ga+3].[Ga+3].c1ccc(-c2nc(-c3ccccn3)c3[n-]ccn23)cc1. The Morgan fingerprint density at radius 2 is 0.789 bits per heavy atom. The number of aryl methyl sites for hydroxylation is 3. The Hall–Kier alpha value is -11.7. The molecule has 0 bridgehead atoms. The number of nitrogens with zero attached hydrogens (tertiary/aromatic N) is 21. The molecule has 546 valence electrons. The molecule has 0 aliphatic rings. The Labute approximate surface area is 697 Å². The molecule has 0 saturated carbocycles. The van der Waals surface area contributed by atoms with Gasteiger partial charge in [0.05, 0.1) is 85.8 Å². The summed E-state index contributed by atoms with van der Waals surface area (Å²) in [5, 5.41) is 4.42. The summed E-state index contributed by atoms with van der Waals surface area (Å²) in [5.74, 6) is 5.43. The Kier molecular flexibility index (Phi) is 30.2. The van der Waals surface area contributed by atoms with Crippen LogP contribution < -0.4 is 48.8 Å². The number of nitrogens with one attached hydrogen (secondary N) is 2. The van der Waals surface area contributed by atoms with Gasteiger partial charge in [0.25, 0.3) is 0 Å². The van der Waals surface area contributed by atoms with Crippen molar-refractivity contribution in [2.75, 3.05) is 26.7 Å². The zero-order valence-electron chi connectivity index (χ0n) is 63.3. The molecule has 0 unspecified atom stereocenters. The summed E-state index contributed by atoms with van der Waals surface area (Å²) in [5.41, 5.74) is 16.6. The topological polar surface area (TPSA) is 330 Å². The van der Waals surface area contributed by atoms with Gasteiger partial charge in [-0.25, -0.2) is 45.9 Å². The van der Waals surface area contributed by atoms with Crippen LogP contribution in [-0.2, 0) is 33.1 Å². The molecule has 5 aromatic carbocycles. The number of ether oxygens (including phenoxy) is 2. The van der Waals surface area contributed by atoms with Gasteiger partial charge in [-0.15, -0.1) is 0 Å². The second-order valence-electron chi connectivity index (χ2n) is 24.3. The van der Waals surface area contributed by atoms with E-state index in [1.807, 2.05) is 253 Å². The van der Waals surface area contributed by atoms with E-state index in [0.29, 0.717) is 34.4 Å². The van der Waals surface area contributed by atoms with Gasteiger partial charge in [0.1, 0.15) is 0 Å². The van der Waals surface area contributed by atoms with Crippen molar-refractivity contribution in [2.24, 2.45) is 0 Å². The van der Waals surface area contributed by atoms with Crippen LogP contribution in [-0.4, -0.2) is 195 Å². The third-order valence-electron chi connectivity index (χ3n) is 16.8. The summed E-state index contributed by atoms with van der Waals surface area (Å²) in [6.07, 6.45) is 25.5. The second-order valence-corrected chi connectivity index (χ2v) is 27.9. The molecule has 37 heteroatoms. The maximum atomic E-state index is 11.1. The van der Waals surface area contributed by atoms with Crippen LogP contribution in [0.3, 0.4) is 0 Å². The molecule has 0 aliphatic carbocycles. The fraction of sp³-hybridized carbons (Fsp3) is 0.117. The predicted octanol–water partition coefficient (Wildman–Crippen LogP) is 8.09. The van der Waals surface area contributed by atoms with E-state index in [1.165, 1.54) is 0 Å². The van der Waals surface area contributed by atoms with Crippen LogP contribution in [0, 0.1) is 20.8 Å². The van der Waals surface area contributed by atoms with Crippen LogP contribution in [0.15, 0.2) is 257 Å². The minimum atomic E-state index is -3.24. The Bertz CT molecular complexity index is 6110. The number of pyridine rings is 1. The van der Waals surface area contributed by atoms with Crippen molar-refractivity contribution < 1.29 is 26.3 Å². The zero-order valence-corrected chi connectivity index (χ0v) is 69.8. The molecular formula is C77H69Be4Ga2N23O6S2+8. The monoisotopic (exact) mass is 1650 g/mol. The number of imidazole rings is 12. The Balaban J connectivity index is 0.000000170. The van der Waals surface area contributed by atoms with Gasteiger partial charge in [0.2, 0.25) is 31.8 Å². The molecule has 0 spiro atoms. The first-order valence-electron chi connectivity index (χ1n) is 33.6. The van der Waals surface area contributed by atoms with E-state index in [1.54, 1.807) is 70.3 Å². The third-order valence-corrected chi connectivity index (χ3v) is 18.1. The average Bonchev–Trinajstić information content (AvgIpc) is 1.61. The first kappa shape index (κ1) is 87.9. The molecular weight excluding hydrogens is 1580 g/mol. The third kappa shape index (κ3) is 19.7. The summed E-state index contributed by atoms with van der Waals surface area (Å²) in [6.45, 7) is 6.23. The van der Waals surface area contributed by atoms with Crippen molar-refractivity contribution >= 4 is 134 Å². The van der Waals surface area contributed by atoms with Gasteiger partial charge in [-0.3, -0.25) is 19.9 Å². The fourth-order valence-electron chi connectivity index (χ4n) is 11.9. The molecule has 14 aromatic heterocycles. The number of hydrogen-bond acceptors (Lipinski definition) is 14. The molecule has 0 saturated heterocycles. The molecule has 0 fully saturated rings. The van der Waals surface area contributed by atoms with Crippen LogP contribution >= 0.6 is 0 Å².